The predicted octanol–water partition coefficient (Wildman–Crippen LogP) is 2.47. The lowest BCUT2D eigenvalue weighted by molar-refractivity contribution is 0.0951. The van der Waals surface area contributed by atoms with E-state index < -0.39 is 15.7 Å². The van der Waals surface area contributed by atoms with Crippen molar-refractivity contribution >= 4 is 27.3 Å². The van der Waals surface area contributed by atoms with E-state index in [1.54, 1.807) is 12.1 Å². The number of phenols is 2. The Hall–Kier alpha value is -3.04. The van der Waals surface area contributed by atoms with Crippen molar-refractivity contribution in [2.45, 2.75) is 11.4 Å². The molecule has 3 aromatic rings. The summed E-state index contributed by atoms with van der Waals surface area (Å²) in [4.78, 5) is 12.7. The van der Waals surface area contributed by atoms with E-state index in [2.05, 4.69) is 15.5 Å². The van der Waals surface area contributed by atoms with Gasteiger partial charge in [-0.15, -0.1) is 0 Å². The molecule has 146 valence electrons. The number of halogens is 1. The van der Waals surface area contributed by atoms with Gasteiger partial charge in [-0.2, -0.15) is 5.10 Å². The fourth-order valence-corrected chi connectivity index (χ4v) is 3.34. The maximum atomic E-state index is 12.5. The van der Waals surface area contributed by atoms with E-state index in [4.69, 9.17) is 11.6 Å². The van der Waals surface area contributed by atoms with Crippen LogP contribution in [-0.2, 0) is 16.4 Å². The number of hydrogen-bond acceptors (Lipinski definition) is 6. The fourth-order valence-electron chi connectivity index (χ4n) is 2.55. The Labute approximate surface area is 165 Å². The first-order chi connectivity index (χ1) is 13.2. The lowest BCUT2D eigenvalue weighted by atomic mass is 10.1. The zero-order valence-corrected chi connectivity index (χ0v) is 16.2. The minimum absolute atomic E-state index is 0.0136. The summed E-state index contributed by atoms with van der Waals surface area (Å²) >= 11 is 5.88. The Morgan fingerprint density at radius 1 is 1.18 bits per heavy atom. The molecule has 0 saturated heterocycles. The van der Waals surface area contributed by atoms with Crippen LogP contribution in [0.2, 0.25) is 5.02 Å². The average Bonchev–Trinajstić information content (AvgIpc) is 3.12. The topological polar surface area (TPSA) is 132 Å². The highest BCUT2D eigenvalue weighted by Crippen LogP contribution is 2.37. The van der Waals surface area contributed by atoms with Crippen molar-refractivity contribution in [3.05, 3.63) is 58.7 Å². The first kappa shape index (κ1) is 19.7. The van der Waals surface area contributed by atoms with Crippen LogP contribution in [0.5, 0.6) is 11.5 Å². The van der Waals surface area contributed by atoms with Gasteiger partial charge in [-0.1, -0.05) is 23.7 Å². The summed E-state index contributed by atoms with van der Waals surface area (Å²) in [6, 6.07) is 8.55. The minimum Gasteiger partial charge on any atom is -0.507 e. The number of aromatic nitrogens is 2. The summed E-state index contributed by atoms with van der Waals surface area (Å²) in [6.07, 6.45) is 2.42. The number of phenolic OH excluding ortho intramolecular Hbond substituents is 2. The highest BCUT2D eigenvalue weighted by atomic mass is 35.5. The van der Waals surface area contributed by atoms with Crippen LogP contribution in [-0.4, -0.2) is 41.0 Å². The molecule has 8 nitrogen and oxygen atoms in total. The van der Waals surface area contributed by atoms with Gasteiger partial charge < -0.3 is 15.5 Å². The molecule has 0 atom stereocenters. The molecule has 1 aromatic heterocycles. The summed E-state index contributed by atoms with van der Waals surface area (Å²) in [5, 5.41) is 28.8. The lowest BCUT2D eigenvalue weighted by Gasteiger charge is -2.09. The zero-order chi connectivity index (χ0) is 20.5. The number of nitrogens with one attached hydrogen (secondary N) is 2. The van der Waals surface area contributed by atoms with Gasteiger partial charge in [0.25, 0.3) is 5.91 Å². The summed E-state index contributed by atoms with van der Waals surface area (Å²) < 4.78 is 23.0. The van der Waals surface area contributed by atoms with Gasteiger partial charge in [-0.3, -0.25) is 9.89 Å². The Morgan fingerprint density at radius 3 is 2.50 bits per heavy atom. The van der Waals surface area contributed by atoms with Crippen LogP contribution in [0, 0.1) is 0 Å². The summed E-state index contributed by atoms with van der Waals surface area (Å²) in [5.74, 6) is -1.01. The number of H-pyrrole nitrogens is 1. The standard InChI is InChI=1S/C18H16ClN3O5S/c1-28(26,27)11-4-2-10(3-5-11)8-20-18(25)13-9-21-22-17(13)12-6-14(19)16(24)7-15(12)23/h2-7,9,23-24H,8H2,1H3,(H,20,25)(H,21,22). The highest BCUT2D eigenvalue weighted by molar-refractivity contribution is 7.90. The largest absolute Gasteiger partial charge is 0.507 e. The number of aromatic hydroxyl groups is 2. The first-order valence-corrected chi connectivity index (χ1v) is 10.3. The van der Waals surface area contributed by atoms with Gasteiger partial charge in [0.1, 0.15) is 11.5 Å². The SMILES string of the molecule is CS(=O)(=O)c1ccc(CNC(=O)c2cn[nH]c2-c2cc(Cl)c(O)cc2O)cc1. The second-order valence-corrected chi connectivity index (χ2v) is 8.50. The van der Waals surface area contributed by atoms with E-state index in [1.165, 1.54) is 24.4 Å². The molecular formula is C18H16ClN3O5S. The normalized spacial score (nSPS) is 11.4. The van der Waals surface area contributed by atoms with Crippen LogP contribution in [0.3, 0.4) is 0 Å². The molecule has 28 heavy (non-hydrogen) atoms. The number of aromatic amines is 1. The molecule has 0 unspecified atom stereocenters. The number of amides is 1. The molecule has 0 radical (unpaired) electrons. The van der Waals surface area contributed by atoms with Gasteiger partial charge in [-0.05, 0) is 23.8 Å². The van der Waals surface area contributed by atoms with Crippen molar-refractivity contribution in [2.75, 3.05) is 6.26 Å². The van der Waals surface area contributed by atoms with Crippen molar-refractivity contribution in [3.8, 4) is 22.8 Å². The number of carbonyl (C=O) groups excluding carboxylic acids is 1. The van der Waals surface area contributed by atoms with Crippen molar-refractivity contribution in [1.82, 2.24) is 15.5 Å². The fraction of sp³-hybridized carbons (Fsp3) is 0.111. The van der Waals surface area contributed by atoms with Crippen molar-refractivity contribution in [3.63, 3.8) is 0 Å². The van der Waals surface area contributed by atoms with Crippen LogP contribution in [0.25, 0.3) is 11.3 Å². The number of carbonyl (C=O) groups is 1. The van der Waals surface area contributed by atoms with Gasteiger partial charge >= 0.3 is 0 Å². The van der Waals surface area contributed by atoms with Gasteiger partial charge in [0.05, 0.1) is 27.4 Å². The molecule has 0 aliphatic rings. The third kappa shape index (κ3) is 4.10. The highest BCUT2D eigenvalue weighted by Gasteiger charge is 2.19. The molecule has 0 fully saturated rings. The number of rotatable bonds is 5. The molecule has 2 aromatic carbocycles. The molecule has 0 aliphatic carbocycles. The van der Waals surface area contributed by atoms with Crippen LogP contribution in [0.4, 0.5) is 0 Å². The zero-order valence-electron chi connectivity index (χ0n) is 14.6. The van der Waals surface area contributed by atoms with Crippen LogP contribution in [0.15, 0.2) is 47.5 Å². The lowest BCUT2D eigenvalue weighted by Crippen LogP contribution is -2.23. The molecule has 3 rings (SSSR count). The molecule has 1 amide bonds. The molecule has 10 heteroatoms. The molecule has 0 saturated carbocycles. The Kier molecular flexibility index (Phi) is 5.30. The van der Waals surface area contributed by atoms with E-state index >= 15 is 0 Å². The van der Waals surface area contributed by atoms with Crippen molar-refractivity contribution in [2.24, 2.45) is 0 Å². The first-order valence-electron chi connectivity index (χ1n) is 7.99. The number of benzene rings is 2. The molecule has 0 bridgehead atoms. The van der Waals surface area contributed by atoms with Gasteiger partial charge in [0.15, 0.2) is 9.84 Å². The maximum absolute atomic E-state index is 12.5. The minimum atomic E-state index is -3.29. The second-order valence-electron chi connectivity index (χ2n) is 6.08. The monoisotopic (exact) mass is 421 g/mol. The summed E-state index contributed by atoms with van der Waals surface area (Å²) in [5.41, 5.74) is 1.33. The molecule has 1 heterocycles. The summed E-state index contributed by atoms with van der Waals surface area (Å²) in [7, 11) is -3.29. The van der Waals surface area contributed by atoms with E-state index in [0.29, 0.717) is 5.56 Å². The van der Waals surface area contributed by atoms with Crippen LogP contribution < -0.4 is 5.32 Å². The third-order valence-corrected chi connectivity index (χ3v) is 5.45. The van der Waals surface area contributed by atoms with E-state index in [9.17, 15) is 23.4 Å². The van der Waals surface area contributed by atoms with Crippen LogP contribution in [0.1, 0.15) is 15.9 Å². The van der Waals surface area contributed by atoms with Gasteiger partial charge in [0, 0.05) is 24.4 Å². The number of nitrogens with zero attached hydrogens (tertiary/aromatic N) is 1. The molecular weight excluding hydrogens is 406 g/mol. The average molecular weight is 422 g/mol. The van der Waals surface area contributed by atoms with E-state index in [0.717, 1.165) is 12.3 Å². The maximum Gasteiger partial charge on any atom is 0.255 e. The van der Waals surface area contributed by atoms with E-state index in [1.807, 2.05) is 0 Å². The van der Waals surface area contributed by atoms with Crippen LogP contribution >= 0.6 is 11.6 Å². The Bertz CT molecular complexity index is 1140. The molecule has 0 spiro atoms. The molecule has 0 aliphatic heterocycles. The third-order valence-electron chi connectivity index (χ3n) is 4.02. The van der Waals surface area contributed by atoms with Crippen molar-refractivity contribution < 1.29 is 23.4 Å². The van der Waals surface area contributed by atoms with Crippen molar-refractivity contribution in [1.29, 1.82) is 0 Å². The van der Waals surface area contributed by atoms with Gasteiger partial charge in [0.2, 0.25) is 0 Å². The smallest absolute Gasteiger partial charge is 0.255 e. The Balaban J connectivity index is 1.78. The quantitative estimate of drug-likeness (QED) is 0.500. The van der Waals surface area contributed by atoms with E-state index in [-0.39, 0.29) is 44.8 Å². The molecule has 4 N–H and O–H groups in total. The summed E-state index contributed by atoms with van der Waals surface area (Å²) in [6.45, 7) is 0.163. The predicted molar refractivity (Wildman–Crippen MR) is 103 cm³/mol. The second kappa shape index (κ2) is 7.53. The number of hydrogen-bond donors (Lipinski definition) is 4. The van der Waals surface area contributed by atoms with Gasteiger partial charge in [-0.25, -0.2) is 8.42 Å². The Morgan fingerprint density at radius 2 is 1.86 bits per heavy atom. The number of sulfone groups is 1.